The number of nitro groups is 1. The van der Waals surface area contributed by atoms with Crippen molar-refractivity contribution in [3.8, 4) is 0 Å². The lowest BCUT2D eigenvalue weighted by Crippen LogP contribution is -2.13. The summed E-state index contributed by atoms with van der Waals surface area (Å²) >= 11 is 0. The number of H-pyrrole nitrogens is 1. The molecule has 86 valence electrons. The summed E-state index contributed by atoms with van der Waals surface area (Å²) in [6.45, 7) is 0.636. The van der Waals surface area contributed by atoms with Crippen molar-refractivity contribution >= 4 is 11.5 Å². The van der Waals surface area contributed by atoms with Gasteiger partial charge in [-0.05, 0) is 17.7 Å². The minimum absolute atomic E-state index is 0.0412. The van der Waals surface area contributed by atoms with E-state index < -0.39 is 4.92 Å². The predicted octanol–water partition coefficient (Wildman–Crippen LogP) is 1.42. The van der Waals surface area contributed by atoms with E-state index in [0.29, 0.717) is 6.54 Å². The molecule has 6 nitrogen and oxygen atoms in total. The third kappa shape index (κ3) is 2.97. The van der Waals surface area contributed by atoms with Gasteiger partial charge >= 0.3 is 5.69 Å². The molecule has 2 N–H and O–H groups in total. The lowest BCUT2D eigenvalue weighted by Gasteiger charge is -1.98. The van der Waals surface area contributed by atoms with Crippen molar-refractivity contribution in [1.82, 2.24) is 4.98 Å². The second-order valence-corrected chi connectivity index (χ2v) is 3.43. The molecule has 2 rings (SSSR count). The Morgan fingerprint density at radius 1 is 1.29 bits per heavy atom. The Bertz CT molecular complexity index is 499. The number of aromatic nitrogens is 2. The molecular weight excluding hydrogens is 220 g/mol. The molecule has 0 saturated heterocycles. The van der Waals surface area contributed by atoms with Crippen molar-refractivity contribution in [2.24, 2.45) is 0 Å². The van der Waals surface area contributed by atoms with Gasteiger partial charge < -0.3 is 0 Å². The van der Waals surface area contributed by atoms with E-state index in [9.17, 15) is 10.1 Å². The normalized spacial score (nSPS) is 9.88. The molecule has 2 aromatic heterocycles. The van der Waals surface area contributed by atoms with Gasteiger partial charge in [-0.2, -0.15) is 0 Å². The van der Waals surface area contributed by atoms with Gasteiger partial charge in [0, 0.05) is 24.5 Å². The third-order valence-corrected chi connectivity index (χ3v) is 2.24. The maximum atomic E-state index is 10.4. The molecule has 0 aromatic carbocycles. The minimum Gasteiger partial charge on any atom is -0.270 e. The van der Waals surface area contributed by atoms with Gasteiger partial charge in [0.1, 0.15) is 6.54 Å². The Morgan fingerprint density at radius 2 is 2.06 bits per heavy atom. The number of aromatic amines is 1. The van der Waals surface area contributed by atoms with Crippen molar-refractivity contribution in [3.63, 3.8) is 0 Å². The van der Waals surface area contributed by atoms with Gasteiger partial charge in [-0.1, -0.05) is 0 Å². The van der Waals surface area contributed by atoms with E-state index in [4.69, 9.17) is 0 Å². The van der Waals surface area contributed by atoms with Crippen molar-refractivity contribution in [1.29, 1.82) is 0 Å². The number of nitrogens with zero attached hydrogens (tertiary/aromatic N) is 2. The van der Waals surface area contributed by atoms with Gasteiger partial charge in [-0.15, -0.1) is 0 Å². The zero-order chi connectivity index (χ0) is 12.1. The van der Waals surface area contributed by atoms with Gasteiger partial charge in [0.2, 0.25) is 0 Å². The van der Waals surface area contributed by atoms with Crippen LogP contribution in [0.2, 0.25) is 0 Å². The van der Waals surface area contributed by atoms with E-state index >= 15 is 0 Å². The Labute approximate surface area is 97.5 Å². The molecule has 0 aliphatic carbocycles. The zero-order valence-electron chi connectivity index (χ0n) is 8.96. The Hall–Kier alpha value is -2.50. The number of nitrogens with one attached hydrogen (secondary N) is 2. The van der Waals surface area contributed by atoms with Crippen molar-refractivity contribution in [3.05, 3.63) is 58.5 Å². The molecule has 0 atom stereocenters. The monoisotopic (exact) mass is 231 g/mol. The first-order valence-corrected chi connectivity index (χ1v) is 5.04. The molecule has 2 heterocycles. The number of pyridine rings is 2. The first kappa shape index (κ1) is 11.0. The maximum Gasteiger partial charge on any atom is 0.308 e. The van der Waals surface area contributed by atoms with Crippen LogP contribution in [0.15, 0.2) is 42.9 Å². The van der Waals surface area contributed by atoms with Crippen molar-refractivity contribution in [2.45, 2.75) is 6.54 Å². The summed E-state index contributed by atoms with van der Waals surface area (Å²) in [5.41, 5.74) is 1.13. The quantitative estimate of drug-likeness (QED) is 0.637. The molecule has 6 heteroatoms. The van der Waals surface area contributed by atoms with Gasteiger partial charge in [0.15, 0.2) is 6.20 Å². The van der Waals surface area contributed by atoms with E-state index in [2.05, 4.69) is 15.3 Å². The van der Waals surface area contributed by atoms with Crippen LogP contribution in [0.4, 0.5) is 11.5 Å². The highest BCUT2D eigenvalue weighted by Gasteiger charge is 2.08. The summed E-state index contributed by atoms with van der Waals surface area (Å²) in [7, 11) is 0. The molecule has 0 radical (unpaired) electrons. The Kier molecular flexibility index (Phi) is 3.25. The predicted molar refractivity (Wildman–Crippen MR) is 61.2 cm³/mol. The van der Waals surface area contributed by atoms with Crippen molar-refractivity contribution in [2.75, 3.05) is 5.32 Å². The summed E-state index contributed by atoms with van der Waals surface area (Å²) in [5, 5.41) is 13.6. The van der Waals surface area contributed by atoms with E-state index in [1.165, 1.54) is 12.3 Å². The number of rotatable bonds is 4. The SMILES string of the molecule is O=[N+]([O-])c1ccc(NCc2ccncc2)[nH+]c1. The smallest absolute Gasteiger partial charge is 0.270 e. The first-order chi connectivity index (χ1) is 8.25. The van der Waals surface area contributed by atoms with Gasteiger partial charge in [0.25, 0.3) is 5.82 Å². The van der Waals surface area contributed by atoms with E-state index in [1.807, 2.05) is 12.1 Å². The van der Waals surface area contributed by atoms with Crippen LogP contribution in [-0.4, -0.2) is 9.91 Å². The van der Waals surface area contributed by atoms with Crippen LogP contribution in [0.1, 0.15) is 5.56 Å². The van der Waals surface area contributed by atoms with Crippen LogP contribution in [0, 0.1) is 10.1 Å². The molecule has 0 saturated carbocycles. The van der Waals surface area contributed by atoms with Gasteiger partial charge in [-0.25, -0.2) is 4.98 Å². The average Bonchev–Trinajstić information content (AvgIpc) is 2.38. The topological polar surface area (TPSA) is 82.2 Å². The molecule has 0 aliphatic rings. The second kappa shape index (κ2) is 5.02. The maximum absolute atomic E-state index is 10.4. The van der Waals surface area contributed by atoms with Crippen LogP contribution in [0.3, 0.4) is 0 Å². The number of hydrogen-bond donors (Lipinski definition) is 1. The standard InChI is InChI=1S/C11H10N4O2/c16-15(17)10-1-2-11(14-8-10)13-7-9-3-5-12-6-4-9/h1-6,8H,7H2,(H,13,14)/p+1. The molecule has 0 fully saturated rings. The van der Waals surface area contributed by atoms with Crippen LogP contribution < -0.4 is 10.3 Å². The van der Waals surface area contributed by atoms with Crippen LogP contribution in [-0.2, 0) is 6.54 Å². The minimum atomic E-state index is -0.441. The zero-order valence-corrected chi connectivity index (χ0v) is 8.96. The van der Waals surface area contributed by atoms with Crippen molar-refractivity contribution < 1.29 is 9.91 Å². The summed E-state index contributed by atoms with van der Waals surface area (Å²) in [4.78, 5) is 16.7. The van der Waals surface area contributed by atoms with E-state index in [-0.39, 0.29) is 5.69 Å². The third-order valence-electron chi connectivity index (χ3n) is 2.24. The largest absolute Gasteiger partial charge is 0.308 e. The van der Waals surface area contributed by atoms with Crippen LogP contribution in [0.25, 0.3) is 0 Å². The van der Waals surface area contributed by atoms with E-state index in [1.54, 1.807) is 18.5 Å². The lowest BCUT2D eigenvalue weighted by atomic mass is 10.3. The highest BCUT2D eigenvalue weighted by atomic mass is 16.6. The Balaban J connectivity index is 1.98. The molecule has 0 aliphatic heterocycles. The molecule has 0 bridgehead atoms. The molecule has 17 heavy (non-hydrogen) atoms. The fourth-order valence-electron chi connectivity index (χ4n) is 1.34. The fraction of sp³-hybridized carbons (Fsp3) is 0.0909. The number of hydrogen-bond acceptors (Lipinski definition) is 4. The molecule has 0 amide bonds. The van der Waals surface area contributed by atoms with E-state index in [0.717, 1.165) is 11.4 Å². The van der Waals surface area contributed by atoms with Crippen LogP contribution in [0.5, 0.6) is 0 Å². The van der Waals surface area contributed by atoms with Gasteiger partial charge in [-0.3, -0.25) is 20.4 Å². The molecule has 0 unspecified atom stereocenters. The number of anilines is 1. The summed E-state index contributed by atoms with van der Waals surface area (Å²) in [5.74, 6) is 0.729. The molecule has 2 aromatic rings. The fourth-order valence-corrected chi connectivity index (χ4v) is 1.34. The highest BCUT2D eigenvalue weighted by Crippen LogP contribution is 2.09. The summed E-state index contributed by atoms with van der Waals surface area (Å²) in [6, 6.07) is 6.89. The summed E-state index contributed by atoms with van der Waals surface area (Å²) < 4.78 is 0. The lowest BCUT2D eigenvalue weighted by molar-refractivity contribution is -0.413. The Morgan fingerprint density at radius 3 is 2.65 bits per heavy atom. The first-order valence-electron chi connectivity index (χ1n) is 5.04. The average molecular weight is 231 g/mol. The second-order valence-electron chi connectivity index (χ2n) is 3.43. The highest BCUT2D eigenvalue weighted by molar-refractivity contribution is 5.34. The van der Waals surface area contributed by atoms with Crippen LogP contribution >= 0.6 is 0 Å². The van der Waals surface area contributed by atoms with Gasteiger partial charge in [0.05, 0.1) is 4.92 Å². The summed E-state index contributed by atoms with van der Waals surface area (Å²) in [6.07, 6.45) is 4.79. The molecular formula is C11H11N4O2+. The molecule has 0 spiro atoms.